The molecule has 10 heteroatoms. The minimum Gasteiger partial charge on any atom is -0.493 e. The normalized spacial score (nSPS) is 17.7. The smallest absolute Gasteiger partial charge is 0.342 e. The molecule has 2 aliphatic rings. The second kappa shape index (κ2) is 11.1. The summed E-state index contributed by atoms with van der Waals surface area (Å²) in [5.74, 6) is 0.308. The minimum absolute atomic E-state index is 0.0913. The van der Waals surface area contributed by atoms with E-state index in [2.05, 4.69) is 15.9 Å². The number of aliphatic hydroxyl groups is 1. The van der Waals surface area contributed by atoms with Crippen molar-refractivity contribution in [1.82, 2.24) is 0 Å². The molecule has 3 aromatic carbocycles. The van der Waals surface area contributed by atoms with Crippen LogP contribution in [0.25, 0.3) is 5.57 Å². The lowest BCUT2D eigenvalue weighted by Gasteiger charge is -2.26. The third kappa shape index (κ3) is 4.97. The Labute approximate surface area is 233 Å². The molecule has 1 atom stereocenters. The van der Waals surface area contributed by atoms with Crippen molar-refractivity contribution in [3.63, 3.8) is 0 Å². The first-order valence-corrected chi connectivity index (χ1v) is 13.2. The summed E-state index contributed by atoms with van der Waals surface area (Å²) in [7, 11) is 4.57. The molecular formula is C29H27BrO9. The lowest BCUT2D eigenvalue weighted by Crippen LogP contribution is -2.29. The van der Waals surface area contributed by atoms with E-state index in [-0.39, 0.29) is 18.8 Å². The summed E-state index contributed by atoms with van der Waals surface area (Å²) >= 11 is 3.34. The molecule has 0 aromatic heterocycles. The Morgan fingerprint density at radius 2 is 1.62 bits per heavy atom. The third-order valence-corrected chi connectivity index (χ3v) is 6.84. The average Bonchev–Trinajstić information content (AvgIpc) is 3.52. The monoisotopic (exact) mass is 598 g/mol. The van der Waals surface area contributed by atoms with Gasteiger partial charge in [-0.15, -0.1) is 0 Å². The van der Waals surface area contributed by atoms with Crippen LogP contribution in [0.4, 0.5) is 0 Å². The number of ether oxygens (including phenoxy) is 7. The molecule has 0 fully saturated rings. The molecule has 0 spiro atoms. The Balaban J connectivity index is 1.64. The summed E-state index contributed by atoms with van der Waals surface area (Å²) in [6.07, 6.45) is 0.130. The van der Waals surface area contributed by atoms with Gasteiger partial charge in [-0.2, -0.15) is 0 Å². The van der Waals surface area contributed by atoms with Crippen LogP contribution in [-0.2, 0) is 21.7 Å². The molecule has 204 valence electrons. The Bertz CT molecular complexity index is 1390. The maximum Gasteiger partial charge on any atom is 0.342 e. The van der Waals surface area contributed by atoms with E-state index in [1.807, 2.05) is 0 Å². The molecule has 0 amide bonds. The molecule has 0 bridgehead atoms. The molecule has 0 aliphatic carbocycles. The highest BCUT2D eigenvalue weighted by Crippen LogP contribution is 2.47. The Kier molecular flexibility index (Phi) is 7.58. The van der Waals surface area contributed by atoms with Gasteiger partial charge in [0, 0.05) is 22.9 Å². The number of fused-ring (bicyclic) bond motifs is 1. The Morgan fingerprint density at radius 3 is 2.26 bits per heavy atom. The van der Waals surface area contributed by atoms with Crippen molar-refractivity contribution in [2.24, 2.45) is 0 Å². The fourth-order valence-corrected chi connectivity index (χ4v) is 4.86. The van der Waals surface area contributed by atoms with Crippen LogP contribution in [-0.4, -0.2) is 51.1 Å². The molecule has 1 N–H and O–H groups in total. The van der Waals surface area contributed by atoms with E-state index in [0.29, 0.717) is 68.7 Å². The van der Waals surface area contributed by atoms with Gasteiger partial charge in [0.15, 0.2) is 23.0 Å². The molecule has 2 heterocycles. The maximum absolute atomic E-state index is 13.4. The van der Waals surface area contributed by atoms with E-state index in [1.165, 1.54) is 21.3 Å². The van der Waals surface area contributed by atoms with Crippen molar-refractivity contribution in [1.29, 1.82) is 0 Å². The summed E-state index contributed by atoms with van der Waals surface area (Å²) in [6, 6.07) is 15.5. The van der Waals surface area contributed by atoms with Gasteiger partial charge < -0.3 is 38.3 Å². The fraction of sp³-hybridized carbons (Fsp3) is 0.276. The van der Waals surface area contributed by atoms with Crippen molar-refractivity contribution in [3.05, 3.63) is 76.9 Å². The van der Waals surface area contributed by atoms with Gasteiger partial charge >= 0.3 is 5.97 Å². The largest absolute Gasteiger partial charge is 0.493 e. The van der Waals surface area contributed by atoms with Crippen molar-refractivity contribution < 1.29 is 43.1 Å². The first-order valence-electron chi connectivity index (χ1n) is 12.1. The fourth-order valence-electron chi connectivity index (χ4n) is 4.70. The number of benzene rings is 3. The summed E-state index contributed by atoms with van der Waals surface area (Å²) in [4.78, 5) is 13.4. The molecular weight excluding hydrogens is 572 g/mol. The Morgan fingerprint density at radius 1 is 0.923 bits per heavy atom. The second-order valence-corrected chi connectivity index (χ2v) is 9.52. The first-order chi connectivity index (χ1) is 18.9. The van der Waals surface area contributed by atoms with Gasteiger partial charge in [0.1, 0.15) is 5.75 Å². The van der Waals surface area contributed by atoms with E-state index in [4.69, 9.17) is 33.2 Å². The molecule has 1 unspecified atom stereocenters. The average molecular weight is 599 g/mol. The molecule has 5 rings (SSSR count). The quantitative estimate of drug-likeness (QED) is 0.265. The molecule has 0 saturated carbocycles. The number of cyclic esters (lactones) is 1. The zero-order chi connectivity index (χ0) is 27.6. The van der Waals surface area contributed by atoms with Crippen LogP contribution in [0.5, 0.6) is 34.5 Å². The van der Waals surface area contributed by atoms with Crippen LogP contribution < -0.4 is 28.4 Å². The molecule has 39 heavy (non-hydrogen) atoms. The molecule has 0 saturated heterocycles. The van der Waals surface area contributed by atoms with Crippen LogP contribution in [0.15, 0.2) is 60.2 Å². The van der Waals surface area contributed by atoms with Crippen LogP contribution in [0.2, 0.25) is 0 Å². The number of carbonyl (C=O) groups excluding carboxylic acids is 1. The molecule has 3 aromatic rings. The highest BCUT2D eigenvalue weighted by Gasteiger charge is 2.48. The second-order valence-electron chi connectivity index (χ2n) is 8.73. The summed E-state index contributed by atoms with van der Waals surface area (Å²) in [5.41, 5.74) is 2.17. The topological polar surface area (TPSA) is 102 Å². The van der Waals surface area contributed by atoms with Crippen molar-refractivity contribution >= 4 is 27.5 Å². The van der Waals surface area contributed by atoms with Crippen molar-refractivity contribution in [3.8, 4) is 34.5 Å². The third-order valence-electron chi connectivity index (χ3n) is 6.51. The van der Waals surface area contributed by atoms with Gasteiger partial charge in [-0.25, -0.2) is 4.79 Å². The summed E-state index contributed by atoms with van der Waals surface area (Å²) < 4.78 is 38.8. The van der Waals surface area contributed by atoms with Gasteiger partial charge in [0.05, 0.1) is 33.5 Å². The van der Waals surface area contributed by atoms with Gasteiger partial charge in [-0.1, -0.05) is 22.0 Å². The van der Waals surface area contributed by atoms with E-state index in [0.717, 1.165) is 0 Å². The Hall–Kier alpha value is -3.89. The van der Waals surface area contributed by atoms with Gasteiger partial charge in [0.2, 0.25) is 12.5 Å². The van der Waals surface area contributed by atoms with E-state index in [9.17, 15) is 9.90 Å². The minimum atomic E-state index is -2.04. The predicted molar refractivity (Wildman–Crippen MR) is 145 cm³/mol. The first kappa shape index (κ1) is 26.7. The van der Waals surface area contributed by atoms with E-state index < -0.39 is 11.8 Å². The van der Waals surface area contributed by atoms with Gasteiger partial charge in [0.25, 0.3) is 5.79 Å². The summed E-state index contributed by atoms with van der Waals surface area (Å²) in [5, 5.41) is 12.7. The van der Waals surface area contributed by atoms with Crippen molar-refractivity contribution in [2.45, 2.75) is 12.2 Å². The van der Waals surface area contributed by atoms with Crippen LogP contribution >= 0.6 is 15.9 Å². The lowest BCUT2D eigenvalue weighted by atomic mass is 9.88. The molecule has 9 nitrogen and oxygen atoms in total. The van der Waals surface area contributed by atoms with E-state index in [1.54, 1.807) is 54.6 Å². The zero-order valence-electron chi connectivity index (χ0n) is 21.6. The van der Waals surface area contributed by atoms with E-state index >= 15 is 0 Å². The van der Waals surface area contributed by atoms with Crippen LogP contribution in [0.3, 0.4) is 0 Å². The predicted octanol–water partition coefficient (Wildman–Crippen LogP) is 4.61. The molecule has 0 radical (unpaired) electrons. The number of hydrogen-bond donors (Lipinski definition) is 1. The number of hydrogen-bond acceptors (Lipinski definition) is 9. The number of alkyl halides is 1. The maximum atomic E-state index is 13.4. The SMILES string of the molecule is COc1cc(CC2=C(c3ccc4c(c3)OCO4)C(=O)OC2(O)c2ccc(OCCBr)cc2)cc(OC)c1OC. The molecule has 2 aliphatic heterocycles. The number of rotatable bonds is 10. The van der Waals surface area contributed by atoms with Crippen LogP contribution in [0.1, 0.15) is 16.7 Å². The highest BCUT2D eigenvalue weighted by atomic mass is 79.9. The number of methoxy groups -OCH3 is 3. The van der Waals surface area contributed by atoms with Gasteiger partial charge in [-0.05, 0) is 59.7 Å². The number of carbonyl (C=O) groups is 1. The summed E-state index contributed by atoms with van der Waals surface area (Å²) in [6.45, 7) is 0.577. The number of esters is 1. The van der Waals surface area contributed by atoms with Crippen molar-refractivity contribution in [2.75, 3.05) is 40.1 Å². The highest BCUT2D eigenvalue weighted by molar-refractivity contribution is 9.09. The standard InChI is InChI=1S/C29H27BrO9/c1-33-24-13-17(14-25(34-2)27(24)35-3)12-21-26(18-4-9-22-23(15-18)38-16-37-22)28(31)39-29(21,32)19-5-7-20(8-6-19)36-11-10-30/h4-9,13-15,32H,10-12,16H2,1-3H3. The zero-order valence-corrected chi connectivity index (χ0v) is 23.2. The van der Waals surface area contributed by atoms with Gasteiger partial charge in [-0.3, -0.25) is 0 Å². The lowest BCUT2D eigenvalue weighted by molar-refractivity contribution is -0.185. The van der Waals surface area contributed by atoms with Crippen LogP contribution in [0, 0.1) is 0 Å². The number of halogens is 1.